The van der Waals surface area contributed by atoms with Crippen molar-refractivity contribution in [2.75, 3.05) is 26.2 Å². The lowest BCUT2D eigenvalue weighted by atomic mass is 10.3. The summed E-state index contributed by atoms with van der Waals surface area (Å²) < 4.78 is 26.7. The second-order valence-corrected chi connectivity index (χ2v) is 8.42. The van der Waals surface area contributed by atoms with E-state index in [1.165, 1.54) is 5.56 Å². The fourth-order valence-corrected chi connectivity index (χ4v) is 5.63. The molecule has 0 unspecified atom stereocenters. The summed E-state index contributed by atoms with van der Waals surface area (Å²) in [5.41, 5.74) is 1.30. The number of rotatable bonds is 4. The maximum Gasteiger partial charge on any atom is 0.218 e. The minimum Gasteiger partial charge on any atom is -0.298 e. The van der Waals surface area contributed by atoms with Crippen LogP contribution in [0.15, 0.2) is 16.8 Å². The number of likely N-dealkylation sites (tertiary alicyclic amines) is 1. The van der Waals surface area contributed by atoms with Gasteiger partial charge in [0.05, 0.1) is 5.25 Å². The minimum atomic E-state index is -3.06. The van der Waals surface area contributed by atoms with Crippen LogP contribution in [-0.4, -0.2) is 49.1 Å². The molecule has 0 bridgehead atoms. The van der Waals surface area contributed by atoms with Gasteiger partial charge in [0.25, 0.3) is 0 Å². The fraction of sp³-hybridized carbons (Fsp3) is 0.692. The van der Waals surface area contributed by atoms with Gasteiger partial charge in [-0.05, 0) is 48.2 Å². The van der Waals surface area contributed by atoms with Crippen LogP contribution in [0.4, 0.5) is 0 Å². The molecule has 6 heteroatoms. The van der Waals surface area contributed by atoms with Crippen LogP contribution < -0.4 is 0 Å². The van der Waals surface area contributed by atoms with E-state index in [-0.39, 0.29) is 5.25 Å². The van der Waals surface area contributed by atoms with E-state index < -0.39 is 10.0 Å². The van der Waals surface area contributed by atoms with Gasteiger partial charge in [0, 0.05) is 26.2 Å². The van der Waals surface area contributed by atoms with Crippen LogP contribution in [0.3, 0.4) is 0 Å². The van der Waals surface area contributed by atoms with E-state index in [4.69, 9.17) is 0 Å². The first-order valence-corrected chi connectivity index (χ1v) is 9.33. The molecule has 0 aromatic carbocycles. The zero-order chi connectivity index (χ0) is 13.3. The van der Waals surface area contributed by atoms with Crippen LogP contribution in [-0.2, 0) is 16.6 Å². The van der Waals surface area contributed by atoms with E-state index >= 15 is 0 Å². The Morgan fingerprint density at radius 2 is 2.05 bits per heavy atom. The Labute approximate surface area is 119 Å². The first-order valence-electron chi connectivity index (χ1n) is 6.88. The predicted molar refractivity (Wildman–Crippen MR) is 77.7 cm³/mol. The monoisotopic (exact) mass is 300 g/mol. The molecule has 0 N–H and O–H groups in total. The minimum absolute atomic E-state index is 0.191. The Morgan fingerprint density at radius 3 is 2.74 bits per heavy atom. The summed E-state index contributed by atoms with van der Waals surface area (Å²) in [4.78, 5) is 2.26. The highest BCUT2D eigenvalue weighted by Gasteiger charge is 2.37. The molecule has 3 heterocycles. The van der Waals surface area contributed by atoms with Gasteiger partial charge in [0.1, 0.15) is 0 Å². The predicted octanol–water partition coefficient (Wildman–Crippen LogP) is 1.75. The summed E-state index contributed by atoms with van der Waals surface area (Å²) in [5.74, 6) is 0. The fourth-order valence-electron chi connectivity index (χ4n) is 2.98. The molecule has 106 valence electrons. The second kappa shape index (κ2) is 5.52. The number of hydrogen-bond donors (Lipinski definition) is 0. The van der Waals surface area contributed by atoms with Crippen molar-refractivity contribution in [2.24, 2.45) is 0 Å². The van der Waals surface area contributed by atoms with E-state index in [9.17, 15) is 8.42 Å². The lowest BCUT2D eigenvalue weighted by Crippen LogP contribution is -2.38. The van der Waals surface area contributed by atoms with Gasteiger partial charge in [-0.1, -0.05) is 0 Å². The van der Waals surface area contributed by atoms with Crippen molar-refractivity contribution in [2.45, 2.75) is 31.1 Å². The molecular weight excluding hydrogens is 280 g/mol. The molecule has 2 aliphatic heterocycles. The molecule has 3 rings (SSSR count). The van der Waals surface area contributed by atoms with Crippen LogP contribution >= 0.6 is 11.3 Å². The lowest BCUT2D eigenvalue weighted by molar-refractivity contribution is 0.330. The van der Waals surface area contributed by atoms with Crippen molar-refractivity contribution >= 4 is 21.4 Å². The van der Waals surface area contributed by atoms with Gasteiger partial charge in [-0.2, -0.15) is 11.3 Å². The third-order valence-electron chi connectivity index (χ3n) is 4.06. The zero-order valence-corrected chi connectivity index (χ0v) is 12.6. The molecule has 1 aromatic rings. The highest BCUT2D eigenvalue weighted by molar-refractivity contribution is 7.89. The quantitative estimate of drug-likeness (QED) is 0.850. The summed E-state index contributed by atoms with van der Waals surface area (Å²) in [6, 6.07) is 2.12. The number of thiophene rings is 1. The van der Waals surface area contributed by atoms with Gasteiger partial charge < -0.3 is 0 Å². The van der Waals surface area contributed by atoms with E-state index in [0.717, 1.165) is 45.4 Å². The summed E-state index contributed by atoms with van der Waals surface area (Å²) in [6.07, 6.45) is 2.82. The van der Waals surface area contributed by atoms with Crippen LogP contribution in [0.1, 0.15) is 24.8 Å². The van der Waals surface area contributed by atoms with Gasteiger partial charge >= 0.3 is 0 Å². The van der Waals surface area contributed by atoms with Crippen LogP contribution in [0.2, 0.25) is 0 Å². The molecule has 1 aromatic heterocycles. The van der Waals surface area contributed by atoms with Gasteiger partial charge in [0.15, 0.2) is 0 Å². The Morgan fingerprint density at radius 1 is 1.26 bits per heavy atom. The maximum atomic E-state index is 12.5. The maximum absolute atomic E-state index is 12.5. The highest BCUT2D eigenvalue weighted by Crippen LogP contribution is 2.24. The van der Waals surface area contributed by atoms with Gasteiger partial charge in [-0.25, -0.2) is 12.7 Å². The highest BCUT2D eigenvalue weighted by atomic mass is 32.2. The van der Waals surface area contributed by atoms with Crippen molar-refractivity contribution < 1.29 is 8.42 Å². The third-order valence-corrected chi connectivity index (χ3v) is 7.11. The molecule has 19 heavy (non-hydrogen) atoms. The third kappa shape index (κ3) is 2.86. The van der Waals surface area contributed by atoms with E-state index in [1.807, 2.05) is 0 Å². The zero-order valence-electron chi connectivity index (χ0n) is 11.0. The van der Waals surface area contributed by atoms with Gasteiger partial charge in [-0.3, -0.25) is 4.90 Å². The molecule has 0 amide bonds. The van der Waals surface area contributed by atoms with Crippen molar-refractivity contribution in [3.8, 4) is 0 Å². The van der Waals surface area contributed by atoms with Crippen LogP contribution in [0.25, 0.3) is 0 Å². The summed E-state index contributed by atoms with van der Waals surface area (Å²) >= 11 is 1.70. The van der Waals surface area contributed by atoms with Crippen molar-refractivity contribution in [3.63, 3.8) is 0 Å². The van der Waals surface area contributed by atoms with Crippen LogP contribution in [0, 0.1) is 0 Å². The largest absolute Gasteiger partial charge is 0.298 e. The molecule has 0 saturated carbocycles. The Hall–Kier alpha value is -0.430. The molecule has 2 aliphatic rings. The van der Waals surface area contributed by atoms with Gasteiger partial charge in [-0.15, -0.1) is 0 Å². The van der Waals surface area contributed by atoms with E-state index in [0.29, 0.717) is 6.54 Å². The molecule has 0 aliphatic carbocycles. The number of sulfonamides is 1. The van der Waals surface area contributed by atoms with Crippen LogP contribution in [0.5, 0.6) is 0 Å². The Balaban J connectivity index is 1.62. The molecule has 0 radical (unpaired) electrons. The van der Waals surface area contributed by atoms with E-state index in [1.54, 1.807) is 15.6 Å². The average Bonchev–Trinajstić information content (AvgIpc) is 3.12. The normalized spacial score (nSPS) is 26.2. The van der Waals surface area contributed by atoms with Crippen molar-refractivity contribution in [3.05, 3.63) is 22.4 Å². The average molecular weight is 300 g/mol. The smallest absolute Gasteiger partial charge is 0.218 e. The standard InChI is InChI=1S/C13H20N2O2S2/c16-19(17,15-5-1-2-6-15)13-3-7-14(10-13)9-12-4-8-18-11-12/h4,8,11,13H,1-3,5-7,9-10H2/t13-/m1/s1. The van der Waals surface area contributed by atoms with E-state index in [2.05, 4.69) is 21.7 Å². The second-order valence-electron chi connectivity index (χ2n) is 5.43. The topological polar surface area (TPSA) is 40.6 Å². The Kier molecular flexibility index (Phi) is 3.93. The molecule has 2 fully saturated rings. The molecule has 4 nitrogen and oxygen atoms in total. The molecular formula is C13H20N2O2S2. The summed E-state index contributed by atoms with van der Waals surface area (Å²) in [6.45, 7) is 3.92. The first-order chi connectivity index (χ1) is 9.16. The lowest BCUT2D eigenvalue weighted by Gasteiger charge is -2.21. The first kappa shape index (κ1) is 13.5. The SMILES string of the molecule is O=S(=O)([C@@H]1CCN(Cc2ccsc2)C1)N1CCCC1. The molecule has 1 atom stereocenters. The number of nitrogens with zero attached hydrogens (tertiary/aromatic N) is 2. The van der Waals surface area contributed by atoms with Crippen molar-refractivity contribution in [1.82, 2.24) is 9.21 Å². The molecule has 0 spiro atoms. The van der Waals surface area contributed by atoms with Gasteiger partial charge in [0.2, 0.25) is 10.0 Å². The Bertz CT molecular complexity index is 507. The summed E-state index contributed by atoms with van der Waals surface area (Å²) in [5, 5.41) is 4.02. The van der Waals surface area contributed by atoms with Crippen molar-refractivity contribution in [1.29, 1.82) is 0 Å². The summed E-state index contributed by atoms with van der Waals surface area (Å²) in [7, 11) is -3.06. The molecule has 2 saturated heterocycles. The number of hydrogen-bond acceptors (Lipinski definition) is 4.